The van der Waals surface area contributed by atoms with Gasteiger partial charge in [-0.25, -0.2) is 0 Å². The van der Waals surface area contributed by atoms with Crippen LogP contribution in [0.15, 0.2) is 29.2 Å². The van der Waals surface area contributed by atoms with E-state index in [2.05, 4.69) is 38.1 Å². The van der Waals surface area contributed by atoms with Crippen molar-refractivity contribution in [1.29, 1.82) is 0 Å². The van der Waals surface area contributed by atoms with Gasteiger partial charge in [-0.1, -0.05) is 44.4 Å². The van der Waals surface area contributed by atoms with Crippen LogP contribution in [0.2, 0.25) is 0 Å². The van der Waals surface area contributed by atoms with Gasteiger partial charge >= 0.3 is 0 Å². The Bertz CT molecular complexity index is 383. The highest BCUT2D eigenvalue weighted by molar-refractivity contribution is 7.99. The number of benzene rings is 1. The second-order valence-corrected chi connectivity index (χ2v) is 6.89. The summed E-state index contributed by atoms with van der Waals surface area (Å²) < 4.78 is 0. The Labute approximate surface area is 121 Å². The summed E-state index contributed by atoms with van der Waals surface area (Å²) in [6, 6.07) is 8.44. The third-order valence-electron chi connectivity index (χ3n) is 4.52. The van der Waals surface area contributed by atoms with E-state index in [0.717, 1.165) is 11.7 Å². The summed E-state index contributed by atoms with van der Waals surface area (Å²) in [7, 11) is 0. The molecule has 106 valence electrons. The Hall–Kier alpha value is -0.470. The Morgan fingerprint density at radius 3 is 2.53 bits per heavy atom. The van der Waals surface area contributed by atoms with Crippen molar-refractivity contribution in [2.45, 2.75) is 57.0 Å². The Morgan fingerprint density at radius 2 is 1.89 bits per heavy atom. The second kappa shape index (κ2) is 7.35. The Balaban J connectivity index is 1.79. The molecule has 1 aliphatic carbocycles. The van der Waals surface area contributed by atoms with Crippen LogP contribution in [0.25, 0.3) is 0 Å². The van der Waals surface area contributed by atoms with Crippen LogP contribution in [0.4, 0.5) is 0 Å². The maximum Gasteiger partial charge on any atom is 0.0662 e. The molecule has 2 rings (SSSR count). The molecule has 1 aliphatic rings. The monoisotopic (exact) mass is 278 g/mol. The molecule has 0 radical (unpaired) electrons. The van der Waals surface area contributed by atoms with Crippen LogP contribution >= 0.6 is 11.8 Å². The minimum Gasteiger partial charge on any atom is -0.392 e. The van der Waals surface area contributed by atoms with Crippen molar-refractivity contribution in [3.05, 3.63) is 29.8 Å². The molecule has 19 heavy (non-hydrogen) atoms. The van der Waals surface area contributed by atoms with Crippen LogP contribution in [0.3, 0.4) is 0 Å². The molecule has 1 N–H and O–H groups in total. The molecule has 1 aromatic carbocycles. The van der Waals surface area contributed by atoms with Gasteiger partial charge in [-0.3, -0.25) is 0 Å². The summed E-state index contributed by atoms with van der Waals surface area (Å²) >= 11 is 1.81. The zero-order chi connectivity index (χ0) is 13.7. The van der Waals surface area contributed by atoms with Crippen LogP contribution in [0, 0.1) is 18.8 Å². The predicted molar refractivity (Wildman–Crippen MR) is 83.6 cm³/mol. The topological polar surface area (TPSA) is 20.2 Å². The smallest absolute Gasteiger partial charge is 0.0662 e. The van der Waals surface area contributed by atoms with Gasteiger partial charge in [0.1, 0.15) is 0 Å². The van der Waals surface area contributed by atoms with Crippen LogP contribution in [-0.4, -0.2) is 17.0 Å². The summed E-state index contributed by atoms with van der Waals surface area (Å²) in [6.07, 6.45) is 6.23. The van der Waals surface area contributed by atoms with Crippen molar-refractivity contribution in [3.63, 3.8) is 0 Å². The molecule has 0 spiro atoms. The average Bonchev–Trinajstić information content (AvgIpc) is 2.46. The fourth-order valence-electron chi connectivity index (χ4n) is 3.01. The van der Waals surface area contributed by atoms with Crippen LogP contribution in [-0.2, 0) is 0 Å². The number of rotatable bonds is 5. The number of aryl methyl sites for hydroxylation is 1. The van der Waals surface area contributed by atoms with Gasteiger partial charge in [-0.15, -0.1) is 11.8 Å². The molecule has 0 aromatic heterocycles. The van der Waals surface area contributed by atoms with Gasteiger partial charge in [0.15, 0.2) is 0 Å². The maximum atomic E-state index is 10.4. The molecule has 1 saturated carbocycles. The first-order valence-electron chi connectivity index (χ1n) is 7.57. The molecule has 2 heteroatoms. The van der Waals surface area contributed by atoms with Crippen LogP contribution in [0.1, 0.15) is 44.6 Å². The quantitative estimate of drug-likeness (QED) is 0.790. The van der Waals surface area contributed by atoms with E-state index >= 15 is 0 Å². The SMILES string of the molecule is CCC1CCC(C(O)CSc2ccccc2C)CC1. The van der Waals surface area contributed by atoms with Gasteiger partial charge in [-0.2, -0.15) is 0 Å². The molecular formula is C17H26OS. The predicted octanol–water partition coefficient (Wildman–Crippen LogP) is 4.66. The summed E-state index contributed by atoms with van der Waals surface area (Å²) in [4.78, 5) is 1.31. The summed E-state index contributed by atoms with van der Waals surface area (Å²) in [5.74, 6) is 2.28. The maximum absolute atomic E-state index is 10.4. The fraction of sp³-hybridized carbons (Fsp3) is 0.647. The molecular weight excluding hydrogens is 252 g/mol. The molecule has 0 saturated heterocycles. The Kier molecular flexibility index (Phi) is 5.77. The molecule has 1 unspecified atom stereocenters. The minimum absolute atomic E-state index is 0.137. The lowest BCUT2D eigenvalue weighted by Gasteiger charge is -2.31. The largest absolute Gasteiger partial charge is 0.392 e. The highest BCUT2D eigenvalue weighted by atomic mass is 32.2. The zero-order valence-corrected chi connectivity index (χ0v) is 13.0. The number of thioether (sulfide) groups is 1. The van der Waals surface area contributed by atoms with E-state index in [1.165, 1.54) is 42.6 Å². The highest BCUT2D eigenvalue weighted by Crippen LogP contribution is 2.34. The van der Waals surface area contributed by atoms with E-state index < -0.39 is 0 Å². The number of aliphatic hydroxyl groups is 1. The molecule has 0 aliphatic heterocycles. The van der Waals surface area contributed by atoms with Gasteiger partial charge in [0.2, 0.25) is 0 Å². The molecule has 0 amide bonds. The molecule has 0 bridgehead atoms. The van der Waals surface area contributed by atoms with Crippen molar-refractivity contribution >= 4 is 11.8 Å². The third-order valence-corrected chi connectivity index (χ3v) is 5.79. The van der Waals surface area contributed by atoms with E-state index in [0.29, 0.717) is 5.92 Å². The average molecular weight is 278 g/mol. The highest BCUT2D eigenvalue weighted by Gasteiger charge is 2.25. The number of hydrogen-bond acceptors (Lipinski definition) is 2. The van der Waals surface area contributed by atoms with E-state index in [-0.39, 0.29) is 6.10 Å². The molecule has 0 heterocycles. The summed E-state index contributed by atoms with van der Waals surface area (Å²) in [5, 5.41) is 10.4. The first-order valence-corrected chi connectivity index (χ1v) is 8.55. The van der Waals surface area contributed by atoms with Gasteiger partial charge in [0.05, 0.1) is 6.10 Å². The second-order valence-electron chi connectivity index (χ2n) is 5.83. The van der Waals surface area contributed by atoms with Crippen molar-refractivity contribution in [2.24, 2.45) is 11.8 Å². The number of hydrogen-bond donors (Lipinski definition) is 1. The molecule has 1 nitrogen and oxygen atoms in total. The van der Waals surface area contributed by atoms with Gasteiger partial charge in [0.25, 0.3) is 0 Å². The standard InChI is InChI=1S/C17H26OS/c1-3-14-8-10-15(11-9-14)16(18)12-19-17-7-5-4-6-13(17)2/h4-7,14-16,18H,3,8-12H2,1-2H3. The van der Waals surface area contributed by atoms with Gasteiger partial charge in [0, 0.05) is 10.6 Å². The number of aliphatic hydroxyl groups excluding tert-OH is 1. The van der Waals surface area contributed by atoms with Crippen molar-refractivity contribution in [2.75, 3.05) is 5.75 Å². The fourth-order valence-corrected chi connectivity index (χ4v) is 4.10. The molecule has 1 atom stereocenters. The van der Waals surface area contributed by atoms with E-state index in [9.17, 15) is 5.11 Å². The zero-order valence-electron chi connectivity index (χ0n) is 12.1. The van der Waals surface area contributed by atoms with Crippen molar-refractivity contribution in [1.82, 2.24) is 0 Å². The van der Waals surface area contributed by atoms with Crippen LogP contribution in [0.5, 0.6) is 0 Å². The van der Waals surface area contributed by atoms with E-state index in [4.69, 9.17) is 0 Å². The lowest BCUT2D eigenvalue weighted by Crippen LogP contribution is -2.27. The van der Waals surface area contributed by atoms with Crippen molar-refractivity contribution < 1.29 is 5.11 Å². The summed E-state index contributed by atoms with van der Waals surface area (Å²) in [6.45, 7) is 4.43. The van der Waals surface area contributed by atoms with Crippen molar-refractivity contribution in [3.8, 4) is 0 Å². The van der Waals surface area contributed by atoms with Crippen LogP contribution < -0.4 is 0 Å². The molecule has 1 fully saturated rings. The first-order chi connectivity index (χ1) is 9.20. The lowest BCUT2D eigenvalue weighted by atomic mass is 9.79. The molecule has 1 aromatic rings. The van der Waals surface area contributed by atoms with E-state index in [1.807, 2.05) is 0 Å². The third kappa shape index (κ3) is 4.25. The lowest BCUT2D eigenvalue weighted by molar-refractivity contribution is 0.0916. The minimum atomic E-state index is -0.137. The first kappa shape index (κ1) is 14.9. The van der Waals surface area contributed by atoms with E-state index in [1.54, 1.807) is 11.8 Å². The van der Waals surface area contributed by atoms with Gasteiger partial charge < -0.3 is 5.11 Å². The normalized spacial score (nSPS) is 25.2. The van der Waals surface area contributed by atoms with Gasteiger partial charge in [-0.05, 0) is 43.2 Å². The summed E-state index contributed by atoms with van der Waals surface area (Å²) in [5.41, 5.74) is 1.31. The Morgan fingerprint density at radius 1 is 1.21 bits per heavy atom.